The van der Waals surface area contributed by atoms with E-state index in [4.69, 9.17) is 9.47 Å². The van der Waals surface area contributed by atoms with Gasteiger partial charge in [0, 0.05) is 21.1 Å². The molecule has 0 aromatic heterocycles. The fourth-order valence-corrected chi connectivity index (χ4v) is 0.549. The maximum absolute atomic E-state index is 4.99. The van der Waals surface area contributed by atoms with E-state index in [1.54, 1.807) is 14.2 Å². The largest absolute Gasteiger partial charge is 0.341 e. The third-order valence-corrected chi connectivity index (χ3v) is 1.28. The number of nitrogens with one attached hydrogen (secondary N) is 1. The van der Waals surface area contributed by atoms with Crippen molar-refractivity contribution in [2.24, 2.45) is 0 Å². The maximum atomic E-state index is 4.99. The second-order valence-electron chi connectivity index (χ2n) is 1.88. The van der Waals surface area contributed by atoms with E-state index in [-0.39, 0.29) is 0 Å². The molecular formula is C6H15NO2. The molecule has 0 heterocycles. The normalized spacial score (nSPS) is 12.0. The van der Waals surface area contributed by atoms with E-state index in [9.17, 15) is 0 Å². The molecule has 3 heteroatoms. The van der Waals surface area contributed by atoms with Crippen molar-refractivity contribution >= 4 is 0 Å². The maximum Gasteiger partial charge on any atom is 0.223 e. The van der Waals surface area contributed by atoms with Crippen molar-refractivity contribution in [3.8, 4) is 0 Å². The summed E-state index contributed by atoms with van der Waals surface area (Å²) < 4.78 is 9.99. The van der Waals surface area contributed by atoms with Crippen LogP contribution < -0.4 is 5.32 Å². The molecular weight excluding hydrogens is 118 g/mol. The zero-order valence-electron chi connectivity index (χ0n) is 6.52. The first-order valence-electron chi connectivity index (χ1n) is 3.04. The highest BCUT2D eigenvalue weighted by molar-refractivity contribution is 4.54. The van der Waals surface area contributed by atoms with Gasteiger partial charge in [-0.15, -0.1) is 0 Å². The Morgan fingerprint density at radius 1 is 1.33 bits per heavy atom. The fourth-order valence-electron chi connectivity index (χ4n) is 0.549. The van der Waals surface area contributed by atoms with Crippen LogP contribution in [0.3, 0.4) is 0 Å². The summed E-state index contributed by atoms with van der Waals surface area (Å²) in [6, 6.07) is 0. The quantitative estimate of drug-likeness (QED) is 0.568. The number of methoxy groups -OCH3 is 2. The van der Waals surface area contributed by atoms with Crippen molar-refractivity contribution in [3.05, 3.63) is 0 Å². The zero-order chi connectivity index (χ0) is 7.33. The average Bonchev–Trinajstić information content (AvgIpc) is 1.89. The first-order chi connectivity index (χ1) is 4.18. The minimum absolute atomic E-state index is 0.616. The highest BCUT2D eigenvalue weighted by Gasteiger charge is 2.19. The van der Waals surface area contributed by atoms with Gasteiger partial charge in [0.25, 0.3) is 0 Å². The number of hydrogen-bond acceptors (Lipinski definition) is 3. The molecule has 1 N–H and O–H groups in total. The summed E-state index contributed by atoms with van der Waals surface area (Å²) in [5.74, 6) is -0.616. The van der Waals surface area contributed by atoms with Crippen LogP contribution >= 0.6 is 0 Å². The van der Waals surface area contributed by atoms with Gasteiger partial charge in [-0.3, -0.25) is 5.32 Å². The van der Waals surface area contributed by atoms with Crippen molar-refractivity contribution in [2.45, 2.75) is 19.8 Å². The summed E-state index contributed by atoms with van der Waals surface area (Å²) in [5, 5.41) is 3.01. The highest BCUT2D eigenvalue weighted by atomic mass is 16.7. The molecule has 0 aliphatic carbocycles. The molecule has 0 saturated carbocycles. The van der Waals surface area contributed by atoms with Gasteiger partial charge in [0.2, 0.25) is 5.91 Å². The van der Waals surface area contributed by atoms with Gasteiger partial charge >= 0.3 is 0 Å². The lowest BCUT2D eigenvalue weighted by molar-refractivity contribution is -0.213. The van der Waals surface area contributed by atoms with Gasteiger partial charge < -0.3 is 9.47 Å². The van der Waals surface area contributed by atoms with Crippen LogP contribution in [-0.2, 0) is 9.47 Å². The van der Waals surface area contributed by atoms with Crippen LogP contribution in [0.1, 0.15) is 13.8 Å². The van der Waals surface area contributed by atoms with Crippen molar-refractivity contribution in [2.75, 3.05) is 20.8 Å². The molecule has 9 heavy (non-hydrogen) atoms. The third kappa shape index (κ3) is 2.79. The van der Waals surface area contributed by atoms with Crippen molar-refractivity contribution < 1.29 is 9.47 Å². The van der Waals surface area contributed by atoms with E-state index >= 15 is 0 Å². The van der Waals surface area contributed by atoms with E-state index in [0.717, 1.165) is 6.54 Å². The predicted octanol–water partition coefficient (Wildman–Crippen LogP) is 0.562. The summed E-state index contributed by atoms with van der Waals surface area (Å²) in [5.41, 5.74) is 0. The van der Waals surface area contributed by atoms with Crippen LogP contribution in [0.4, 0.5) is 0 Å². The molecule has 0 aliphatic rings. The van der Waals surface area contributed by atoms with Crippen molar-refractivity contribution in [1.29, 1.82) is 0 Å². The summed E-state index contributed by atoms with van der Waals surface area (Å²) in [4.78, 5) is 0. The Morgan fingerprint density at radius 3 is 1.89 bits per heavy atom. The molecule has 0 saturated heterocycles. The molecule has 0 rings (SSSR count). The Bertz CT molecular complexity index is 71.5. The Labute approximate surface area is 56.3 Å². The van der Waals surface area contributed by atoms with Gasteiger partial charge in [0.05, 0.1) is 0 Å². The highest BCUT2D eigenvalue weighted by Crippen LogP contribution is 2.02. The summed E-state index contributed by atoms with van der Waals surface area (Å²) >= 11 is 0. The molecule has 0 spiro atoms. The lowest BCUT2D eigenvalue weighted by Crippen LogP contribution is -2.45. The average molecular weight is 133 g/mol. The van der Waals surface area contributed by atoms with Crippen LogP contribution in [0.2, 0.25) is 0 Å². The standard InChI is InChI=1S/C6H15NO2/c1-5-7-6(2,8-3)9-4/h7H,5H2,1-4H3. The molecule has 0 aromatic rings. The molecule has 56 valence electrons. The van der Waals surface area contributed by atoms with E-state index in [1.807, 2.05) is 13.8 Å². The van der Waals surface area contributed by atoms with E-state index < -0.39 is 5.91 Å². The molecule has 3 nitrogen and oxygen atoms in total. The lowest BCUT2D eigenvalue weighted by atomic mass is 10.5. The predicted molar refractivity (Wildman–Crippen MR) is 36.1 cm³/mol. The lowest BCUT2D eigenvalue weighted by Gasteiger charge is -2.26. The van der Waals surface area contributed by atoms with Crippen molar-refractivity contribution in [3.63, 3.8) is 0 Å². The van der Waals surface area contributed by atoms with Crippen LogP contribution in [0.5, 0.6) is 0 Å². The molecule has 0 amide bonds. The molecule has 0 radical (unpaired) electrons. The fraction of sp³-hybridized carbons (Fsp3) is 1.00. The molecule has 0 atom stereocenters. The minimum Gasteiger partial charge on any atom is -0.341 e. The first-order valence-corrected chi connectivity index (χ1v) is 3.04. The SMILES string of the molecule is CCNC(C)(OC)OC. The minimum atomic E-state index is -0.616. The number of rotatable bonds is 4. The van der Waals surface area contributed by atoms with E-state index in [0.29, 0.717) is 0 Å². The van der Waals surface area contributed by atoms with Crippen LogP contribution in [0, 0.1) is 0 Å². The third-order valence-electron chi connectivity index (χ3n) is 1.28. The Balaban J connectivity index is 3.62. The summed E-state index contributed by atoms with van der Waals surface area (Å²) in [6.45, 7) is 4.66. The van der Waals surface area contributed by atoms with Crippen LogP contribution in [-0.4, -0.2) is 26.7 Å². The second-order valence-corrected chi connectivity index (χ2v) is 1.88. The smallest absolute Gasteiger partial charge is 0.223 e. The summed E-state index contributed by atoms with van der Waals surface area (Å²) in [6.07, 6.45) is 0. The molecule has 0 unspecified atom stereocenters. The monoisotopic (exact) mass is 133 g/mol. The Kier molecular flexibility index (Phi) is 3.77. The first kappa shape index (κ1) is 8.88. The van der Waals surface area contributed by atoms with Gasteiger partial charge in [-0.1, -0.05) is 6.92 Å². The summed E-state index contributed by atoms with van der Waals surface area (Å²) in [7, 11) is 3.21. The molecule has 0 aliphatic heterocycles. The van der Waals surface area contributed by atoms with Crippen LogP contribution in [0.15, 0.2) is 0 Å². The van der Waals surface area contributed by atoms with Gasteiger partial charge in [-0.25, -0.2) is 0 Å². The van der Waals surface area contributed by atoms with Crippen LogP contribution in [0.25, 0.3) is 0 Å². The Morgan fingerprint density at radius 2 is 1.78 bits per heavy atom. The van der Waals surface area contributed by atoms with Gasteiger partial charge in [-0.05, 0) is 6.54 Å². The Hall–Kier alpha value is -0.120. The van der Waals surface area contributed by atoms with Gasteiger partial charge in [0.1, 0.15) is 0 Å². The van der Waals surface area contributed by atoms with Crippen molar-refractivity contribution in [1.82, 2.24) is 5.32 Å². The second kappa shape index (κ2) is 3.82. The topological polar surface area (TPSA) is 30.5 Å². The molecule has 0 fully saturated rings. The van der Waals surface area contributed by atoms with E-state index in [1.165, 1.54) is 0 Å². The molecule has 0 aromatic carbocycles. The van der Waals surface area contributed by atoms with E-state index in [2.05, 4.69) is 5.32 Å². The van der Waals surface area contributed by atoms with Gasteiger partial charge in [0.15, 0.2) is 0 Å². The number of hydrogen-bond donors (Lipinski definition) is 1. The zero-order valence-corrected chi connectivity index (χ0v) is 6.52. The number of ether oxygens (including phenoxy) is 2. The molecule has 0 bridgehead atoms. The van der Waals surface area contributed by atoms with Gasteiger partial charge in [-0.2, -0.15) is 0 Å².